The molecule has 2 bridgehead atoms. The number of aliphatic imine (C=N–C) groups is 1. The highest BCUT2D eigenvalue weighted by Gasteiger charge is 2.60. The van der Waals surface area contributed by atoms with Gasteiger partial charge in [0.25, 0.3) is 0 Å². The third kappa shape index (κ3) is 8.44. The van der Waals surface area contributed by atoms with Crippen molar-refractivity contribution in [3.8, 4) is 0 Å². The van der Waals surface area contributed by atoms with Gasteiger partial charge in [0.2, 0.25) is 0 Å². The molecule has 2 N–H and O–H groups in total. The van der Waals surface area contributed by atoms with Crippen LogP contribution in [-0.4, -0.2) is 137 Å². The van der Waals surface area contributed by atoms with Gasteiger partial charge in [-0.3, -0.25) is 14.9 Å². The van der Waals surface area contributed by atoms with Crippen LogP contribution in [0.2, 0.25) is 0 Å². The first-order chi connectivity index (χ1) is 26.6. The predicted octanol–water partition coefficient (Wildman–Crippen LogP) is 5.03. The molecule has 1 aromatic carbocycles. The monoisotopic (exact) mass is 776 g/mol. The van der Waals surface area contributed by atoms with Gasteiger partial charge < -0.3 is 38.8 Å². The number of carbonyl (C=O) groups excluding carboxylic acids is 2. The number of esters is 1. The summed E-state index contributed by atoms with van der Waals surface area (Å²) in [4.78, 5) is 40.5. The molecule has 0 aliphatic carbocycles. The molecular formula is C43H60N4O9. The lowest BCUT2D eigenvalue weighted by molar-refractivity contribution is -0.295. The minimum Gasteiger partial charge on any atom is -0.452 e. The van der Waals surface area contributed by atoms with Crippen molar-refractivity contribution in [1.29, 1.82) is 0 Å². The first-order valence-electron chi connectivity index (χ1n) is 19.9. The number of hydrogen-bond acceptors (Lipinski definition) is 12. The number of pyridine rings is 1. The summed E-state index contributed by atoms with van der Waals surface area (Å²) in [6.07, 6.45) is 4.07. The Hall–Kier alpha value is -3.72. The molecule has 13 heteroatoms. The normalized spacial score (nSPS) is 38.1. The van der Waals surface area contributed by atoms with Crippen molar-refractivity contribution < 1.29 is 43.5 Å². The minimum atomic E-state index is -1.34. The Morgan fingerprint density at radius 3 is 2.61 bits per heavy atom. The van der Waals surface area contributed by atoms with Crippen LogP contribution in [0.25, 0.3) is 17.0 Å². The maximum Gasteiger partial charge on any atom is 0.411 e. The van der Waals surface area contributed by atoms with Gasteiger partial charge in [0.1, 0.15) is 6.10 Å². The third-order valence-corrected chi connectivity index (χ3v) is 12.2. The van der Waals surface area contributed by atoms with Crippen LogP contribution in [0.1, 0.15) is 66.9 Å². The number of fused-ring (bicyclic) bond motifs is 2. The second-order valence-corrected chi connectivity index (χ2v) is 16.8. The largest absolute Gasteiger partial charge is 0.452 e. The standard InChI is InChI=1S/C43H60N4O9/c1-25-19-26(2)39(50)54-34(24-48)43(7)37-29(5)35(44-16-17-47(37)41(51)56-43)27(3)22-42(6,38(25)55-40-36(49)33(46(8)9)20-28(4)53-40)52-18-12-13-30-21-31-14-10-11-15-32(31)45-23-30/h10-15,19,21,23,25,27-29,33-34,36-38,40,48-49H,16-18,20,22,24H2,1-9H3/b13-12+,26-19-/t25-,27+,28-,29-,33+,34+,36?,37+,38+,40+,42-,43+/m0/s1. The van der Waals surface area contributed by atoms with Crippen molar-refractivity contribution in [2.24, 2.45) is 22.7 Å². The molecule has 1 amide bonds. The van der Waals surface area contributed by atoms with E-state index in [1.807, 2.05) is 89.3 Å². The summed E-state index contributed by atoms with van der Waals surface area (Å²) in [6.45, 7) is 13.8. The number of nitrogens with zero attached hydrogens (tertiary/aromatic N) is 4. The average Bonchev–Trinajstić information content (AvgIpc) is 3.28. The van der Waals surface area contributed by atoms with Gasteiger partial charge >= 0.3 is 12.1 Å². The first-order valence-corrected chi connectivity index (χ1v) is 19.9. The highest BCUT2D eigenvalue weighted by atomic mass is 16.7. The number of rotatable bonds is 8. The number of aliphatic hydroxyl groups is 2. The van der Waals surface area contributed by atoms with E-state index in [0.29, 0.717) is 25.9 Å². The van der Waals surface area contributed by atoms with Gasteiger partial charge in [-0.25, -0.2) is 9.59 Å². The van der Waals surface area contributed by atoms with Crippen LogP contribution >= 0.6 is 0 Å². The lowest BCUT2D eigenvalue weighted by Crippen LogP contribution is -2.59. The molecule has 0 saturated carbocycles. The molecule has 0 radical (unpaired) electrons. The lowest BCUT2D eigenvalue weighted by atomic mass is 9.74. The zero-order valence-electron chi connectivity index (χ0n) is 34.3. The summed E-state index contributed by atoms with van der Waals surface area (Å²) in [6, 6.07) is 9.27. The smallest absolute Gasteiger partial charge is 0.411 e. The van der Waals surface area contributed by atoms with Crippen molar-refractivity contribution in [1.82, 2.24) is 14.8 Å². The third-order valence-electron chi connectivity index (χ3n) is 12.2. The van der Waals surface area contributed by atoms with Gasteiger partial charge in [-0.2, -0.15) is 0 Å². The number of cyclic esters (lactones) is 1. The number of ether oxygens (including phenoxy) is 5. The molecule has 4 aliphatic heterocycles. The number of likely N-dealkylation sites (N-methyl/N-ethyl adjacent to an activating group) is 1. The van der Waals surface area contributed by atoms with Crippen LogP contribution in [0.15, 0.2) is 59.2 Å². The van der Waals surface area contributed by atoms with E-state index in [4.69, 9.17) is 28.7 Å². The van der Waals surface area contributed by atoms with E-state index in [1.165, 1.54) is 0 Å². The molecule has 6 rings (SSSR count). The fraction of sp³-hybridized carbons (Fsp3) is 0.628. The topological polar surface area (TPSA) is 152 Å². The summed E-state index contributed by atoms with van der Waals surface area (Å²) < 4.78 is 32.2. The Morgan fingerprint density at radius 2 is 1.88 bits per heavy atom. The number of carbonyl (C=O) groups is 2. The summed E-state index contributed by atoms with van der Waals surface area (Å²) in [5.41, 5.74) is 0.612. The summed E-state index contributed by atoms with van der Waals surface area (Å²) in [5, 5.41) is 23.3. The van der Waals surface area contributed by atoms with Gasteiger partial charge in [0, 0.05) is 47.3 Å². The van der Waals surface area contributed by atoms with Crippen molar-refractivity contribution in [2.45, 2.75) is 115 Å². The Bertz CT molecular complexity index is 1830. The number of benzene rings is 1. The number of aliphatic hydroxyl groups excluding tert-OH is 2. The number of hydrogen-bond donors (Lipinski definition) is 2. The molecule has 5 heterocycles. The molecular weight excluding hydrogens is 716 g/mol. The number of aromatic nitrogens is 1. The van der Waals surface area contributed by atoms with Crippen LogP contribution in [-0.2, 0) is 28.5 Å². The summed E-state index contributed by atoms with van der Waals surface area (Å²) in [5.74, 6) is -1.64. The molecule has 306 valence electrons. The van der Waals surface area contributed by atoms with E-state index in [9.17, 15) is 19.8 Å². The SMILES string of the molecule is C/C1=C/[C@H](C)[C@@H](O[C@H]2O[C@@H](C)C[C@@H](N(C)C)C2O)[C@@](C)(OC/C=C/c2cnc3ccccc3c2)C[C@@H](C)C2=NCCN3C(=O)O[C@](C)([C@@H](CO)OC1=O)[C@H]3[C@H]2C. The highest BCUT2D eigenvalue weighted by Crippen LogP contribution is 2.43. The molecule has 0 spiro atoms. The van der Waals surface area contributed by atoms with Crippen molar-refractivity contribution in [3.63, 3.8) is 0 Å². The Kier molecular flexibility index (Phi) is 12.7. The second kappa shape index (κ2) is 17.0. The molecule has 4 aliphatic rings. The molecule has 12 atom stereocenters. The molecule has 56 heavy (non-hydrogen) atoms. The van der Waals surface area contributed by atoms with Gasteiger partial charge in [-0.15, -0.1) is 0 Å². The lowest BCUT2D eigenvalue weighted by Gasteiger charge is -2.47. The van der Waals surface area contributed by atoms with E-state index in [2.05, 4.69) is 18.0 Å². The van der Waals surface area contributed by atoms with Gasteiger partial charge in [-0.05, 0) is 78.2 Å². The Labute approximate surface area is 330 Å². The van der Waals surface area contributed by atoms with Gasteiger partial charge in [-0.1, -0.05) is 57.2 Å². The minimum absolute atomic E-state index is 0.185. The van der Waals surface area contributed by atoms with Crippen LogP contribution in [0.4, 0.5) is 4.79 Å². The van der Waals surface area contributed by atoms with Crippen molar-refractivity contribution in [3.05, 3.63) is 59.8 Å². The van der Waals surface area contributed by atoms with Crippen molar-refractivity contribution >= 4 is 34.8 Å². The summed E-state index contributed by atoms with van der Waals surface area (Å²) in [7, 11) is 3.86. The Balaban J connectivity index is 1.41. The maximum atomic E-state index is 13.8. The Morgan fingerprint density at radius 1 is 1.12 bits per heavy atom. The van der Waals surface area contributed by atoms with Crippen molar-refractivity contribution in [2.75, 3.05) is 40.4 Å². The first kappa shape index (κ1) is 41.9. The average molecular weight is 777 g/mol. The van der Waals surface area contributed by atoms with E-state index in [1.54, 1.807) is 24.8 Å². The number of amides is 1. The number of para-hydroxylation sites is 1. The fourth-order valence-corrected chi connectivity index (χ4v) is 9.48. The molecule has 1 aromatic heterocycles. The van der Waals surface area contributed by atoms with E-state index >= 15 is 0 Å². The maximum absolute atomic E-state index is 13.8. The zero-order chi connectivity index (χ0) is 40.5. The zero-order valence-corrected chi connectivity index (χ0v) is 34.3. The van der Waals surface area contributed by atoms with Crippen LogP contribution in [0, 0.1) is 17.8 Å². The molecule has 2 saturated heterocycles. The van der Waals surface area contributed by atoms with E-state index < -0.39 is 66.4 Å². The van der Waals surface area contributed by atoms with E-state index in [0.717, 1.165) is 22.2 Å². The molecule has 2 aromatic rings. The quantitative estimate of drug-likeness (QED) is 0.348. The highest BCUT2D eigenvalue weighted by molar-refractivity contribution is 5.91. The van der Waals surface area contributed by atoms with Gasteiger partial charge in [0.05, 0.1) is 49.1 Å². The second-order valence-electron chi connectivity index (χ2n) is 16.8. The van der Waals surface area contributed by atoms with Crippen LogP contribution < -0.4 is 0 Å². The fourth-order valence-electron chi connectivity index (χ4n) is 9.48. The predicted molar refractivity (Wildman–Crippen MR) is 213 cm³/mol. The summed E-state index contributed by atoms with van der Waals surface area (Å²) >= 11 is 0. The van der Waals surface area contributed by atoms with E-state index in [-0.39, 0.29) is 36.2 Å². The molecule has 13 nitrogen and oxygen atoms in total. The van der Waals surface area contributed by atoms with Gasteiger partial charge in [0.15, 0.2) is 18.0 Å². The van der Waals surface area contributed by atoms with Crippen LogP contribution in [0.3, 0.4) is 0 Å². The molecule has 1 unspecified atom stereocenters. The molecule has 2 fully saturated rings. The van der Waals surface area contributed by atoms with Crippen LogP contribution in [0.5, 0.6) is 0 Å².